The molecule has 28 heavy (non-hydrogen) atoms. The molecule has 5 heteroatoms. The van der Waals surface area contributed by atoms with Gasteiger partial charge in [0.15, 0.2) is 0 Å². The van der Waals surface area contributed by atoms with Crippen molar-refractivity contribution >= 4 is 17.2 Å². The predicted molar refractivity (Wildman–Crippen MR) is 110 cm³/mol. The summed E-state index contributed by atoms with van der Waals surface area (Å²) in [5.74, 6) is 0.335. The lowest BCUT2D eigenvalue weighted by Gasteiger charge is -2.13. The maximum absolute atomic E-state index is 12.8. The molecule has 1 N–H and O–H groups in total. The van der Waals surface area contributed by atoms with E-state index in [-0.39, 0.29) is 12.5 Å². The Morgan fingerprint density at radius 1 is 1.07 bits per heavy atom. The largest absolute Gasteiger partial charge is 0.486 e. The number of aromatic nitrogens is 2. The number of ether oxygens (including phenoxy) is 1. The summed E-state index contributed by atoms with van der Waals surface area (Å²) in [4.78, 5) is 17.4. The number of para-hydroxylation sites is 1. The number of hydrogen-bond donors (Lipinski definition) is 1. The van der Waals surface area contributed by atoms with Crippen molar-refractivity contribution in [1.82, 2.24) is 9.38 Å². The highest BCUT2D eigenvalue weighted by molar-refractivity contribution is 6.06. The van der Waals surface area contributed by atoms with Crippen LogP contribution >= 0.6 is 0 Å². The van der Waals surface area contributed by atoms with Gasteiger partial charge >= 0.3 is 0 Å². The van der Waals surface area contributed by atoms with Crippen LogP contribution in [-0.2, 0) is 6.61 Å². The first-order chi connectivity index (χ1) is 13.6. The van der Waals surface area contributed by atoms with Crippen LogP contribution in [0.5, 0.6) is 5.75 Å². The first-order valence-electron chi connectivity index (χ1n) is 9.13. The molecule has 0 aliphatic carbocycles. The lowest BCUT2D eigenvalue weighted by molar-refractivity contribution is 0.102. The monoisotopic (exact) mass is 371 g/mol. The third-order valence-corrected chi connectivity index (χ3v) is 4.56. The molecule has 0 aliphatic rings. The van der Waals surface area contributed by atoms with Crippen LogP contribution in [0.4, 0.5) is 5.69 Å². The number of benzene rings is 2. The van der Waals surface area contributed by atoms with Crippen molar-refractivity contribution < 1.29 is 9.53 Å². The number of nitrogens with zero attached hydrogens (tertiary/aromatic N) is 2. The first-order valence-corrected chi connectivity index (χ1v) is 9.13. The molecule has 5 nitrogen and oxygen atoms in total. The third kappa shape index (κ3) is 3.74. The molecule has 0 atom stereocenters. The van der Waals surface area contributed by atoms with Gasteiger partial charge in [0, 0.05) is 18.1 Å². The minimum atomic E-state index is -0.195. The molecular weight excluding hydrogens is 350 g/mol. The Hall–Kier alpha value is -3.60. The molecular formula is C23H21N3O2. The summed E-state index contributed by atoms with van der Waals surface area (Å²) >= 11 is 0. The van der Waals surface area contributed by atoms with Crippen LogP contribution in [0.3, 0.4) is 0 Å². The van der Waals surface area contributed by atoms with E-state index in [9.17, 15) is 4.79 Å². The van der Waals surface area contributed by atoms with Gasteiger partial charge < -0.3 is 14.5 Å². The summed E-state index contributed by atoms with van der Waals surface area (Å²) in [6, 6.07) is 19.1. The van der Waals surface area contributed by atoms with E-state index in [1.807, 2.05) is 79.2 Å². The van der Waals surface area contributed by atoms with Crippen molar-refractivity contribution in [1.29, 1.82) is 0 Å². The molecule has 4 aromatic rings. The van der Waals surface area contributed by atoms with Gasteiger partial charge in [-0.05, 0) is 55.3 Å². The quantitative estimate of drug-likeness (QED) is 0.549. The lowest BCUT2D eigenvalue weighted by atomic mass is 10.1. The number of hydrogen-bond acceptors (Lipinski definition) is 3. The molecule has 140 valence electrons. The number of fused-ring (bicyclic) bond motifs is 1. The molecule has 0 radical (unpaired) electrons. The van der Waals surface area contributed by atoms with Crippen molar-refractivity contribution in [3.63, 3.8) is 0 Å². The smallest absolute Gasteiger partial charge is 0.259 e. The fourth-order valence-corrected chi connectivity index (χ4v) is 3.05. The molecule has 0 fully saturated rings. The van der Waals surface area contributed by atoms with Crippen molar-refractivity contribution in [2.45, 2.75) is 20.5 Å². The molecule has 0 saturated carbocycles. The van der Waals surface area contributed by atoms with E-state index in [4.69, 9.17) is 4.74 Å². The number of carbonyl (C=O) groups is 1. The van der Waals surface area contributed by atoms with Crippen LogP contribution in [0, 0.1) is 13.8 Å². The second-order valence-electron chi connectivity index (χ2n) is 6.76. The van der Waals surface area contributed by atoms with E-state index >= 15 is 0 Å². The van der Waals surface area contributed by atoms with Gasteiger partial charge in [-0.25, -0.2) is 4.98 Å². The maximum Gasteiger partial charge on any atom is 0.259 e. The molecule has 0 bridgehead atoms. The van der Waals surface area contributed by atoms with Crippen LogP contribution in [0.15, 0.2) is 73.1 Å². The highest BCUT2D eigenvalue weighted by Crippen LogP contribution is 2.23. The van der Waals surface area contributed by atoms with Crippen molar-refractivity contribution in [2.75, 3.05) is 5.32 Å². The van der Waals surface area contributed by atoms with E-state index in [2.05, 4.69) is 10.3 Å². The van der Waals surface area contributed by atoms with Crippen molar-refractivity contribution in [3.8, 4) is 5.75 Å². The molecule has 0 aliphatic heterocycles. The van der Waals surface area contributed by atoms with E-state index in [0.29, 0.717) is 11.3 Å². The summed E-state index contributed by atoms with van der Waals surface area (Å²) in [6.45, 7) is 4.26. The predicted octanol–water partition coefficient (Wildman–Crippen LogP) is 4.78. The van der Waals surface area contributed by atoms with Crippen LogP contribution in [0.25, 0.3) is 5.65 Å². The van der Waals surface area contributed by atoms with Gasteiger partial charge in [0.25, 0.3) is 5.91 Å². The van der Waals surface area contributed by atoms with Gasteiger partial charge in [0.1, 0.15) is 18.0 Å². The topological polar surface area (TPSA) is 55.6 Å². The maximum atomic E-state index is 12.8. The van der Waals surface area contributed by atoms with Crippen LogP contribution in [0.1, 0.15) is 27.2 Å². The second kappa shape index (κ2) is 7.56. The average molecular weight is 371 g/mol. The van der Waals surface area contributed by atoms with E-state index in [1.54, 1.807) is 12.1 Å². The van der Waals surface area contributed by atoms with E-state index in [0.717, 1.165) is 28.2 Å². The zero-order chi connectivity index (χ0) is 19.5. The van der Waals surface area contributed by atoms with Gasteiger partial charge in [-0.3, -0.25) is 4.79 Å². The molecule has 2 aromatic heterocycles. The summed E-state index contributed by atoms with van der Waals surface area (Å²) in [5, 5.41) is 2.99. The Morgan fingerprint density at radius 3 is 2.75 bits per heavy atom. The first kappa shape index (κ1) is 17.8. The standard InChI is InChI=1S/C23H21N3O2/c1-16-10-11-17(2)20(13-16)25-23(27)19-7-3-4-8-21(19)28-15-18-14-26-12-6-5-9-22(26)24-18/h3-14H,15H2,1-2H3,(H,25,27). The number of pyridine rings is 1. The molecule has 2 heterocycles. The van der Waals surface area contributed by atoms with Crippen molar-refractivity contribution in [3.05, 3.63) is 95.4 Å². The fourth-order valence-electron chi connectivity index (χ4n) is 3.05. The Kier molecular flexibility index (Phi) is 4.81. The number of amides is 1. The number of aryl methyl sites for hydroxylation is 2. The second-order valence-corrected chi connectivity index (χ2v) is 6.76. The molecule has 1 amide bonds. The molecule has 4 rings (SSSR count). The SMILES string of the molecule is Cc1ccc(C)c(NC(=O)c2ccccc2OCc2cn3ccccc3n2)c1. The zero-order valence-corrected chi connectivity index (χ0v) is 15.8. The van der Waals surface area contributed by atoms with Gasteiger partial charge in [-0.1, -0.05) is 30.3 Å². The Morgan fingerprint density at radius 2 is 1.89 bits per heavy atom. The van der Waals surface area contributed by atoms with Crippen LogP contribution < -0.4 is 10.1 Å². The zero-order valence-electron chi connectivity index (χ0n) is 15.8. The van der Waals surface area contributed by atoms with Gasteiger partial charge in [-0.15, -0.1) is 0 Å². The molecule has 0 unspecified atom stereocenters. The highest BCUT2D eigenvalue weighted by atomic mass is 16.5. The summed E-state index contributed by atoms with van der Waals surface area (Å²) in [7, 11) is 0. The molecule has 0 saturated heterocycles. The summed E-state index contributed by atoms with van der Waals surface area (Å²) < 4.78 is 7.87. The Labute approximate surface area is 163 Å². The number of imidazole rings is 1. The summed E-state index contributed by atoms with van der Waals surface area (Å²) in [6.07, 6.45) is 3.87. The Balaban J connectivity index is 1.52. The number of anilines is 1. The van der Waals surface area contributed by atoms with Crippen LogP contribution in [0.2, 0.25) is 0 Å². The minimum Gasteiger partial charge on any atom is -0.486 e. The van der Waals surface area contributed by atoms with Crippen LogP contribution in [-0.4, -0.2) is 15.3 Å². The molecule has 2 aromatic carbocycles. The van der Waals surface area contributed by atoms with Gasteiger partial charge in [-0.2, -0.15) is 0 Å². The third-order valence-electron chi connectivity index (χ3n) is 4.56. The van der Waals surface area contributed by atoms with E-state index < -0.39 is 0 Å². The fraction of sp³-hybridized carbons (Fsp3) is 0.130. The lowest BCUT2D eigenvalue weighted by Crippen LogP contribution is -2.14. The summed E-state index contributed by atoms with van der Waals surface area (Å²) in [5.41, 5.74) is 5.07. The minimum absolute atomic E-state index is 0.195. The number of rotatable bonds is 5. The normalized spacial score (nSPS) is 10.8. The van der Waals surface area contributed by atoms with Crippen molar-refractivity contribution in [2.24, 2.45) is 0 Å². The Bertz CT molecular complexity index is 1110. The van der Waals surface area contributed by atoms with Gasteiger partial charge in [0.2, 0.25) is 0 Å². The number of carbonyl (C=O) groups excluding carboxylic acids is 1. The highest BCUT2D eigenvalue weighted by Gasteiger charge is 2.14. The van der Waals surface area contributed by atoms with E-state index in [1.165, 1.54) is 0 Å². The molecule has 0 spiro atoms. The number of nitrogens with one attached hydrogen (secondary N) is 1. The average Bonchev–Trinajstić information content (AvgIpc) is 3.12. The van der Waals surface area contributed by atoms with Gasteiger partial charge in [0.05, 0.1) is 11.3 Å².